The number of rotatable bonds is 8. The highest BCUT2D eigenvalue weighted by atomic mass is 16.6. The Bertz CT molecular complexity index is 1310. The van der Waals surface area contributed by atoms with Crippen molar-refractivity contribution in [1.82, 2.24) is 30.7 Å². The molecule has 2 heterocycles. The van der Waals surface area contributed by atoms with Gasteiger partial charge in [0.05, 0.1) is 12.3 Å². The number of ether oxygens (including phenoxy) is 1. The van der Waals surface area contributed by atoms with Gasteiger partial charge in [-0.3, -0.25) is 4.79 Å². The average molecular weight is 460 g/mol. The zero-order valence-electron chi connectivity index (χ0n) is 19.0. The molecule has 0 aliphatic rings. The summed E-state index contributed by atoms with van der Waals surface area (Å²) in [7, 11) is 0. The molecule has 0 unspecified atom stereocenters. The number of carbonyl (C=O) groups is 1. The number of aryl methyl sites for hydroxylation is 1. The largest absolute Gasteiger partial charge is 0.494 e. The highest BCUT2D eigenvalue weighted by Crippen LogP contribution is 2.28. The lowest BCUT2D eigenvalue weighted by molar-refractivity contribution is 0.0950. The molecule has 34 heavy (non-hydrogen) atoms. The van der Waals surface area contributed by atoms with E-state index in [-0.39, 0.29) is 17.3 Å². The number of amides is 1. The molecule has 0 radical (unpaired) electrons. The number of hydrogen-bond acceptors (Lipinski definition) is 9. The summed E-state index contributed by atoms with van der Waals surface area (Å²) in [6.45, 7) is 6.44. The number of aromatic nitrogens is 5. The molecule has 1 amide bonds. The molecule has 0 bridgehead atoms. The van der Waals surface area contributed by atoms with Gasteiger partial charge in [0.15, 0.2) is 5.69 Å². The van der Waals surface area contributed by atoms with E-state index in [4.69, 9.17) is 15.1 Å². The first kappa shape index (κ1) is 22.6. The van der Waals surface area contributed by atoms with Gasteiger partial charge in [-0.1, -0.05) is 42.0 Å². The van der Waals surface area contributed by atoms with Gasteiger partial charge in [0.2, 0.25) is 11.6 Å². The third kappa shape index (κ3) is 4.77. The van der Waals surface area contributed by atoms with E-state index in [1.807, 2.05) is 38.1 Å². The quantitative estimate of drug-likeness (QED) is 0.301. The Labute approximate surface area is 195 Å². The predicted octanol–water partition coefficient (Wildman–Crippen LogP) is 3.15. The Morgan fingerprint density at radius 3 is 2.53 bits per heavy atom. The second-order valence-electron chi connectivity index (χ2n) is 7.55. The van der Waals surface area contributed by atoms with Crippen LogP contribution in [-0.4, -0.2) is 43.5 Å². The highest BCUT2D eigenvalue weighted by Gasteiger charge is 2.25. The molecule has 0 saturated carbocycles. The van der Waals surface area contributed by atoms with Crippen molar-refractivity contribution in [3.8, 4) is 22.8 Å². The number of carbonyl (C=O) groups excluding carboxylic acids is 1. The van der Waals surface area contributed by atoms with Crippen LogP contribution in [0, 0.1) is 6.92 Å². The van der Waals surface area contributed by atoms with E-state index >= 15 is 0 Å². The summed E-state index contributed by atoms with van der Waals surface area (Å²) < 4.78 is 11.7. The van der Waals surface area contributed by atoms with Crippen molar-refractivity contribution in [2.24, 2.45) is 5.10 Å². The maximum atomic E-state index is 13.1. The Morgan fingerprint density at radius 2 is 1.88 bits per heavy atom. The number of nitrogens with two attached hydrogens (primary N) is 1. The Kier molecular flexibility index (Phi) is 6.62. The van der Waals surface area contributed by atoms with Crippen molar-refractivity contribution in [3.63, 3.8) is 0 Å². The fourth-order valence-electron chi connectivity index (χ4n) is 3.16. The Morgan fingerprint density at radius 1 is 1.15 bits per heavy atom. The van der Waals surface area contributed by atoms with Crippen LogP contribution >= 0.6 is 0 Å². The number of nitrogens with one attached hydrogen (secondary N) is 1. The zero-order valence-corrected chi connectivity index (χ0v) is 19.0. The zero-order chi connectivity index (χ0) is 24.1. The molecular weight excluding hydrogens is 436 g/mol. The van der Waals surface area contributed by atoms with E-state index < -0.39 is 5.91 Å². The molecule has 0 saturated heterocycles. The lowest BCUT2D eigenvalue weighted by Gasteiger charge is -2.08. The summed E-state index contributed by atoms with van der Waals surface area (Å²) in [4.78, 5) is 13.1. The van der Waals surface area contributed by atoms with Gasteiger partial charge in [0, 0.05) is 5.56 Å². The van der Waals surface area contributed by atoms with Gasteiger partial charge in [-0.15, -0.1) is 5.10 Å². The van der Waals surface area contributed by atoms with E-state index in [1.165, 1.54) is 4.68 Å². The van der Waals surface area contributed by atoms with Gasteiger partial charge >= 0.3 is 0 Å². The molecule has 4 rings (SSSR count). The third-order valence-corrected chi connectivity index (χ3v) is 4.98. The molecule has 0 aliphatic heterocycles. The molecule has 0 fully saturated rings. The molecule has 11 nitrogen and oxygen atoms in total. The molecule has 2 aromatic heterocycles. The molecule has 11 heteroatoms. The lowest BCUT2D eigenvalue weighted by Crippen LogP contribution is -2.21. The molecule has 2 aromatic carbocycles. The van der Waals surface area contributed by atoms with Crippen molar-refractivity contribution < 1.29 is 14.2 Å². The minimum Gasteiger partial charge on any atom is -0.494 e. The molecule has 174 valence electrons. The number of hydrazone groups is 1. The van der Waals surface area contributed by atoms with E-state index in [1.54, 1.807) is 31.2 Å². The minimum absolute atomic E-state index is 0.00856. The maximum Gasteiger partial charge on any atom is 0.294 e. The standard InChI is InChI=1S/C23H24N8O3/c1-4-13-33-18-11-9-17(10-12-18)20-19(26-30-31(20)22-21(24)28-34-29-22)23(32)27-25-15(3)16-7-5-14(2)6-8-16/h5-12H,4,13H2,1-3H3,(H2,24,28)(H,27,32). The number of anilines is 1. The van der Waals surface area contributed by atoms with Gasteiger partial charge < -0.3 is 10.5 Å². The summed E-state index contributed by atoms with van der Waals surface area (Å²) >= 11 is 0. The van der Waals surface area contributed by atoms with E-state index in [9.17, 15) is 4.79 Å². The molecule has 0 aliphatic carbocycles. The smallest absolute Gasteiger partial charge is 0.294 e. The summed E-state index contributed by atoms with van der Waals surface area (Å²) in [6.07, 6.45) is 0.893. The lowest BCUT2D eigenvalue weighted by atomic mass is 10.1. The van der Waals surface area contributed by atoms with Crippen molar-refractivity contribution in [3.05, 3.63) is 65.4 Å². The molecular formula is C23H24N8O3. The molecule has 0 spiro atoms. The van der Waals surface area contributed by atoms with Gasteiger partial charge in [-0.25, -0.2) is 10.1 Å². The molecule has 4 aromatic rings. The second-order valence-corrected chi connectivity index (χ2v) is 7.55. The SMILES string of the molecule is CCCOc1ccc(-c2c(C(=O)NN=C(C)c3ccc(C)cc3)nnn2-c2nonc2N)cc1. The second kappa shape index (κ2) is 9.94. The first-order valence-corrected chi connectivity index (χ1v) is 10.7. The number of nitrogens with zero attached hydrogens (tertiary/aromatic N) is 6. The minimum atomic E-state index is -0.547. The highest BCUT2D eigenvalue weighted by molar-refractivity contribution is 6.02. The van der Waals surface area contributed by atoms with Crippen molar-refractivity contribution in [1.29, 1.82) is 0 Å². The predicted molar refractivity (Wildman–Crippen MR) is 126 cm³/mol. The number of nitrogen functional groups attached to an aromatic ring is 1. The van der Waals surface area contributed by atoms with Crippen molar-refractivity contribution in [2.45, 2.75) is 27.2 Å². The van der Waals surface area contributed by atoms with Crippen LogP contribution in [0.5, 0.6) is 5.75 Å². The van der Waals surface area contributed by atoms with Crippen molar-refractivity contribution >= 4 is 17.4 Å². The average Bonchev–Trinajstić information content (AvgIpc) is 3.47. The fourth-order valence-corrected chi connectivity index (χ4v) is 3.16. The monoisotopic (exact) mass is 460 g/mol. The van der Waals surface area contributed by atoms with Gasteiger partial charge in [0.1, 0.15) is 11.4 Å². The topological polar surface area (TPSA) is 146 Å². The van der Waals surface area contributed by atoms with Crippen LogP contribution < -0.4 is 15.9 Å². The van der Waals surface area contributed by atoms with Gasteiger partial charge in [-0.2, -0.15) is 9.78 Å². The molecule has 3 N–H and O–H groups in total. The first-order valence-electron chi connectivity index (χ1n) is 10.7. The number of hydrogen-bond donors (Lipinski definition) is 2. The van der Waals surface area contributed by atoms with E-state index in [2.05, 4.69) is 31.2 Å². The first-order chi connectivity index (χ1) is 16.5. The summed E-state index contributed by atoms with van der Waals surface area (Å²) in [5, 5.41) is 19.7. The van der Waals surface area contributed by atoms with Gasteiger partial charge in [-0.05, 0) is 60.4 Å². The third-order valence-electron chi connectivity index (χ3n) is 4.98. The summed E-state index contributed by atoms with van der Waals surface area (Å²) in [5.74, 6) is 0.284. The van der Waals surface area contributed by atoms with Crippen LogP contribution in [0.1, 0.15) is 41.9 Å². The van der Waals surface area contributed by atoms with Crippen LogP contribution in [0.15, 0.2) is 58.3 Å². The van der Waals surface area contributed by atoms with Crippen molar-refractivity contribution in [2.75, 3.05) is 12.3 Å². The summed E-state index contributed by atoms with van der Waals surface area (Å²) in [6, 6.07) is 15.0. The van der Waals surface area contributed by atoms with Crippen LogP contribution in [0.3, 0.4) is 0 Å². The number of benzene rings is 2. The Hall–Kier alpha value is -4.54. The Balaban J connectivity index is 1.67. The van der Waals surface area contributed by atoms with Crippen LogP contribution in [-0.2, 0) is 0 Å². The normalized spacial score (nSPS) is 11.4. The van der Waals surface area contributed by atoms with Gasteiger partial charge in [0.25, 0.3) is 5.91 Å². The van der Waals surface area contributed by atoms with E-state index in [0.29, 0.717) is 29.3 Å². The summed E-state index contributed by atoms with van der Waals surface area (Å²) in [5.41, 5.74) is 12.1. The fraction of sp³-hybridized carbons (Fsp3) is 0.217. The van der Waals surface area contributed by atoms with Crippen LogP contribution in [0.4, 0.5) is 5.82 Å². The maximum absolute atomic E-state index is 13.1. The van der Waals surface area contributed by atoms with E-state index in [0.717, 1.165) is 17.5 Å². The molecule has 0 atom stereocenters. The van der Waals surface area contributed by atoms with Crippen LogP contribution in [0.2, 0.25) is 0 Å². The van der Waals surface area contributed by atoms with Crippen LogP contribution in [0.25, 0.3) is 17.1 Å².